The Labute approximate surface area is 121 Å². The minimum absolute atomic E-state index is 0.103. The normalized spacial score (nSPS) is 13.7. The summed E-state index contributed by atoms with van der Waals surface area (Å²) in [5.74, 6) is 0.179. The van der Waals surface area contributed by atoms with E-state index in [4.69, 9.17) is 5.73 Å². The highest BCUT2D eigenvalue weighted by molar-refractivity contribution is 5.30. The Kier molecular flexibility index (Phi) is 4.37. The van der Waals surface area contributed by atoms with Crippen LogP contribution in [0.3, 0.4) is 0 Å². The van der Waals surface area contributed by atoms with Crippen molar-refractivity contribution in [2.24, 2.45) is 11.7 Å². The van der Waals surface area contributed by atoms with Gasteiger partial charge in [-0.1, -0.05) is 32.0 Å². The van der Waals surface area contributed by atoms with Gasteiger partial charge in [0.15, 0.2) is 0 Å². The Morgan fingerprint density at radius 2 is 1.90 bits per heavy atom. The summed E-state index contributed by atoms with van der Waals surface area (Å²) in [5.41, 5.74) is 6.40. The van der Waals surface area contributed by atoms with E-state index in [9.17, 15) is 13.2 Å². The van der Waals surface area contributed by atoms with Crippen LogP contribution in [0.1, 0.15) is 36.7 Å². The van der Waals surface area contributed by atoms with Gasteiger partial charge in [-0.2, -0.15) is 13.2 Å². The predicted octanol–water partition coefficient (Wildman–Crippen LogP) is 3.61. The molecule has 0 amide bonds. The van der Waals surface area contributed by atoms with Crippen LogP contribution in [0.15, 0.2) is 36.8 Å². The lowest BCUT2D eigenvalue weighted by atomic mass is 10.0. The molecule has 0 saturated carbocycles. The summed E-state index contributed by atoms with van der Waals surface area (Å²) < 4.78 is 40.7. The topological polar surface area (TPSA) is 43.8 Å². The van der Waals surface area contributed by atoms with Crippen LogP contribution in [-0.4, -0.2) is 9.55 Å². The highest BCUT2D eigenvalue weighted by atomic mass is 19.4. The number of nitrogens with zero attached hydrogens (tertiary/aromatic N) is 2. The van der Waals surface area contributed by atoms with Crippen molar-refractivity contribution in [3.05, 3.63) is 53.6 Å². The van der Waals surface area contributed by atoms with Crippen LogP contribution < -0.4 is 5.73 Å². The van der Waals surface area contributed by atoms with Crippen molar-refractivity contribution >= 4 is 0 Å². The zero-order valence-corrected chi connectivity index (χ0v) is 11.9. The van der Waals surface area contributed by atoms with Crippen LogP contribution in [0, 0.1) is 5.92 Å². The van der Waals surface area contributed by atoms with Crippen molar-refractivity contribution in [3.8, 4) is 0 Å². The Hall–Kier alpha value is -1.82. The van der Waals surface area contributed by atoms with Crippen LogP contribution >= 0.6 is 0 Å². The third-order valence-electron chi connectivity index (χ3n) is 3.47. The molecule has 0 fully saturated rings. The SMILES string of the molecule is CC(C)C(N)c1cncn1Cc1ccccc1C(F)(F)F. The fraction of sp³-hybridized carbons (Fsp3) is 0.400. The first-order valence-electron chi connectivity index (χ1n) is 6.71. The Bertz CT molecular complexity index is 602. The molecule has 1 unspecified atom stereocenters. The van der Waals surface area contributed by atoms with Crippen LogP contribution in [0.25, 0.3) is 0 Å². The number of alkyl halides is 3. The van der Waals surface area contributed by atoms with Gasteiger partial charge in [0.1, 0.15) is 0 Å². The number of hydrogen-bond acceptors (Lipinski definition) is 2. The second-order valence-electron chi connectivity index (χ2n) is 5.37. The van der Waals surface area contributed by atoms with Crippen LogP contribution in [0.2, 0.25) is 0 Å². The number of imidazole rings is 1. The van der Waals surface area contributed by atoms with Crippen molar-refractivity contribution in [1.82, 2.24) is 9.55 Å². The molecule has 1 aromatic heterocycles. The maximum atomic E-state index is 13.0. The minimum atomic E-state index is -4.36. The van der Waals surface area contributed by atoms with E-state index in [1.165, 1.54) is 18.5 Å². The lowest BCUT2D eigenvalue weighted by molar-refractivity contribution is -0.138. The molecule has 2 N–H and O–H groups in total. The van der Waals surface area contributed by atoms with Crippen molar-refractivity contribution in [3.63, 3.8) is 0 Å². The number of benzene rings is 1. The van der Waals surface area contributed by atoms with E-state index in [1.807, 2.05) is 13.8 Å². The molecule has 1 atom stereocenters. The van der Waals surface area contributed by atoms with Crippen LogP contribution in [0.4, 0.5) is 13.2 Å². The summed E-state index contributed by atoms with van der Waals surface area (Å²) in [6, 6.07) is 5.30. The number of hydrogen-bond donors (Lipinski definition) is 1. The smallest absolute Gasteiger partial charge is 0.329 e. The lowest BCUT2D eigenvalue weighted by Crippen LogP contribution is -2.21. The molecule has 2 rings (SSSR count). The third kappa shape index (κ3) is 3.44. The molecule has 0 bridgehead atoms. The second kappa shape index (κ2) is 5.89. The van der Waals surface area contributed by atoms with E-state index in [2.05, 4.69) is 4.98 Å². The molecule has 0 aliphatic heterocycles. The van der Waals surface area contributed by atoms with E-state index in [0.717, 1.165) is 11.8 Å². The number of halogens is 3. The van der Waals surface area contributed by atoms with Gasteiger partial charge in [-0.05, 0) is 17.5 Å². The molecular formula is C15H18F3N3. The Morgan fingerprint density at radius 3 is 2.52 bits per heavy atom. The van der Waals surface area contributed by atoms with Crippen molar-refractivity contribution in [1.29, 1.82) is 0 Å². The van der Waals surface area contributed by atoms with Crippen molar-refractivity contribution < 1.29 is 13.2 Å². The monoisotopic (exact) mass is 297 g/mol. The first kappa shape index (κ1) is 15.6. The lowest BCUT2D eigenvalue weighted by Gasteiger charge is -2.19. The highest BCUT2D eigenvalue weighted by Crippen LogP contribution is 2.32. The number of rotatable bonds is 4. The van der Waals surface area contributed by atoms with Gasteiger partial charge >= 0.3 is 6.18 Å². The maximum absolute atomic E-state index is 13.0. The zero-order valence-electron chi connectivity index (χ0n) is 11.9. The van der Waals surface area contributed by atoms with Gasteiger partial charge in [-0.15, -0.1) is 0 Å². The summed E-state index contributed by atoms with van der Waals surface area (Å²) in [7, 11) is 0. The molecule has 0 spiro atoms. The molecule has 0 aliphatic rings. The van der Waals surface area contributed by atoms with Gasteiger partial charge in [0.2, 0.25) is 0 Å². The Morgan fingerprint density at radius 1 is 1.24 bits per heavy atom. The molecule has 0 saturated heterocycles. The van der Waals surface area contributed by atoms with E-state index in [0.29, 0.717) is 0 Å². The first-order valence-corrected chi connectivity index (χ1v) is 6.71. The van der Waals surface area contributed by atoms with Crippen molar-refractivity contribution in [2.45, 2.75) is 32.6 Å². The molecule has 6 heteroatoms. The fourth-order valence-electron chi connectivity index (χ4n) is 2.20. The molecule has 114 valence electrons. The average Bonchev–Trinajstić information content (AvgIpc) is 2.85. The fourth-order valence-corrected chi connectivity index (χ4v) is 2.20. The summed E-state index contributed by atoms with van der Waals surface area (Å²) in [6.07, 6.45) is -1.23. The van der Waals surface area contributed by atoms with E-state index >= 15 is 0 Å². The molecule has 0 aliphatic carbocycles. The third-order valence-corrected chi connectivity index (χ3v) is 3.47. The maximum Gasteiger partial charge on any atom is 0.416 e. The molecule has 3 nitrogen and oxygen atoms in total. The summed E-state index contributed by atoms with van der Waals surface area (Å²) >= 11 is 0. The standard InChI is InChI=1S/C15H18F3N3/c1-10(2)14(19)13-7-20-9-21(13)8-11-5-3-4-6-12(11)15(16,17)18/h3-7,9-10,14H,8,19H2,1-2H3. The quantitative estimate of drug-likeness (QED) is 0.937. The molecule has 2 aromatic rings. The second-order valence-corrected chi connectivity index (χ2v) is 5.37. The van der Waals surface area contributed by atoms with Gasteiger partial charge in [-0.3, -0.25) is 0 Å². The first-order chi connectivity index (χ1) is 9.80. The molecule has 1 aromatic carbocycles. The molecular weight excluding hydrogens is 279 g/mol. The Balaban J connectivity index is 2.34. The minimum Gasteiger partial charge on any atom is -0.329 e. The van der Waals surface area contributed by atoms with Gasteiger partial charge in [0, 0.05) is 18.8 Å². The largest absolute Gasteiger partial charge is 0.416 e. The van der Waals surface area contributed by atoms with Gasteiger partial charge in [-0.25, -0.2) is 4.98 Å². The van der Waals surface area contributed by atoms with E-state index in [1.54, 1.807) is 16.8 Å². The number of nitrogens with two attached hydrogens (primary N) is 1. The average molecular weight is 297 g/mol. The van der Waals surface area contributed by atoms with Crippen LogP contribution in [0.5, 0.6) is 0 Å². The molecule has 0 radical (unpaired) electrons. The van der Waals surface area contributed by atoms with E-state index < -0.39 is 11.7 Å². The van der Waals surface area contributed by atoms with Gasteiger partial charge in [0.05, 0.1) is 17.6 Å². The summed E-state index contributed by atoms with van der Waals surface area (Å²) in [6.45, 7) is 4.03. The molecule has 1 heterocycles. The van der Waals surface area contributed by atoms with Crippen molar-refractivity contribution in [2.75, 3.05) is 0 Å². The number of aromatic nitrogens is 2. The van der Waals surface area contributed by atoms with Crippen LogP contribution in [-0.2, 0) is 12.7 Å². The predicted molar refractivity (Wildman–Crippen MR) is 74.5 cm³/mol. The van der Waals surface area contributed by atoms with Gasteiger partial charge in [0.25, 0.3) is 0 Å². The molecule has 21 heavy (non-hydrogen) atoms. The zero-order chi connectivity index (χ0) is 15.6. The summed E-state index contributed by atoms with van der Waals surface area (Å²) in [5, 5.41) is 0. The highest BCUT2D eigenvalue weighted by Gasteiger charge is 2.33. The van der Waals surface area contributed by atoms with Gasteiger partial charge < -0.3 is 10.3 Å². The van der Waals surface area contributed by atoms with E-state index in [-0.39, 0.29) is 24.1 Å². The summed E-state index contributed by atoms with van der Waals surface area (Å²) in [4.78, 5) is 4.02.